The Kier molecular flexibility index (Phi) is 9.42. The largest absolute Gasteiger partial charge is 0.471 e. The summed E-state index contributed by atoms with van der Waals surface area (Å²) < 4.78 is 128. The van der Waals surface area contributed by atoms with Crippen LogP contribution in [0, 0.1) is 17.8 Å². The van der Waals surface area contributed by atoms with Crippen molar-refractivity contribution in [2.45, 2.75) is 133 Å². The topological polar surface area (TPSA) is 195 Å². The van der Waals surface area contributed by atoms with Gasteiger partial charge < -0.3 is 25.0 Å². The second-order valence-corrected chi connectivity index (χ2v) is 18.3. The summed E-state index contributed by atoms with van der Waals surface area (Å²) in [5, 5.41) is 9.55. The maximum absolute atomic E-state index is 14.9. The van der Waals surface area contributed by atoms with Gasteiger partial charge in [0, 0.05) is 27.1 Å². The van der Waals surface area contributed by atoms with Gasteiger partial charge in [0.05, 0.1) is 22.1 Å². The Hall–Kier alpha value is -4.68. The number of carbonyl (C=O) groups excluding carboxylic acids is 4. The summed E-state index contributed by atoms with van der Waals surface area (Å²) in [4.78, 5) is 71.1. The summed E-state index contributed by atoms with van der Waals surface area (Å²) >= 11 is 0. The number of allylic oxidation sites excluding steroid dienone is 1. The van der Waals surface area contributed by atoms with Gasteiger partial charge in [0.25, 0.3) is 11.5 Å². The number of nitrogens with zero attached hydrogens (tertiary/aromatic N) is 3. The molecule has 4 amide bonds. The highest BCUT2D eigenvalue weighted by atomic mass is 32.2. The lowest BCUT2D eigenvalue weighted by atomic mass is 9.88. The van der Waals surface area contributed by atoms with Gasteiger partial charge in [-0.15, -0.1) is 5.10 Å². The van der Waals surface area contributed by atoms with E-state index in [0.29, 0.717) is 25.7 Å². The molecule has 2 aliphatic heterocycles. The molecular weight excluding hydrogens is 786 g/mol. The number of fused-ring (bicyclic) bond motifs is 3. The fraction of sp³-hybridized carbons (Fsp3) is 0.641. The second-order valence-electron chi connectivity index (χ2n) is 16.1. The van der Waals surface area contributed by atoms with E-state index < -0.39 is 112 Å². The van der Waals surface area contributed by atoms with E-state index in [9.17, 15) is 45.6 Å². The van der Waals surface area contributed by atoms with Crippen molar-refractivity contribution in [3.05, 3.63) is 46.8 Å². The predicted molar refractivity (Wildman–Crippen MR) is 205 cm³/mol. The van der Waals surface area contributed by atoms with Gasteiger partial charge in [-0.3, -0.25) is 23.9 Å². The number of ether oxygens (including phenoxy) is 2. The number of alkyl carbamates (subject to hydrolysis) is 1. The van der Waals surface area contributed by atoms with Crippen LogP contribution in [0.3, 0.4) is 0 Å². The van der Waals surface area contributed by atoms with Crippen LogP contribution in [-0.4, -0.2) is 93.7 Å². The normalized spacial score (nSPS) is 31.5. The molecule has 3 fully saturated rings. The zero-order chi connectivity index (χ0) is 47.6. The SMILES string of the molecule is [2H]C([2H])([2H])C(OC(=O)N[C@@H]1C(=O)N2C[C@H](Oc3nn(CC)c(=O)c4ccccc34)C[C@H]2C(=O)N[C@]2(C(=O)NS(=O)(=O)C3(C)CC3)C[C@H]2/C=C\CC[C@H](C)C[C@H]1C)(C([2H])([2H])[2H])C(F)(F)F. The maximum atomic E-state index is 14.9. The van der Waals surface area contributed by atoms with Gasteiger partial charge in [0.1, 0.15) is 23.7 Å². The summed E-state index contributed by atoms with van der Waals surface area (Å²) in [5.41, 5.74) is -7.24. The standard InChI is InChI=1S/C39H51F3N6O9S/c1-7-48-32(50)27-15-11-10-14-26(27)31(45-48)56-25-19-28-30(49)44-38(34(52)46-58(54,55)37(6)16-17-37)20-24(38)13-9-8-12-22(2)18-23(3)29(33(51)47(28)21-25)43-35(53)57-36(4,5)39(40,41)42/h9-11,13-15,22-25,28-29H,7-8,12,16-21H2,1-6H3,(H,43,53)(H,44,49)(H,46,52)/b13-9-/t22-,23+,24+,25+,28-,29-,38+/m0/s1/i4D3,5D3. The zero-order valence-corrected chi connectivity index (χ0v) is 33.2. The molecular formula is C39H51F3N6O9S. The number of rotatable bonds is 8. The molecule has 15 nitrogen and oxygen atoms in total. The summed E-state index contributed by atoms with van der Waals surface area (Å²) in [6.45, 7) is -2.88. The van der Waals surface area contributed by atoms with Crippen molar-refractivity contribution >= 4 is 44.6 Å². The molecule has 1 aromatic heterocycles. The molecule has 2 aromatic rings. The first-order valence-electron chi connectivity index (χ1n) is 22.1. The minimum absolute atomic E-state index is 0.0150. The van der Waals surface area contributed by atoms with E-state index in [1.54, 1.807) is 50.3 Å². The first-order chi connectivity index (χ1) is 29.5. The molecule has 1 aromatic carbocycles. The molecule has 318 valence electrons. The lowest BCUT2D eigenvalue weighted by molar-refractivity contribution is -0.244. The Morgan fingerprint density at radius 2 is 1.79 bits per heavy atom. The second kappa shape index (κ2) is 15.5. The average Bonchev–Trinajstić information content (AvgIpc) is 4.07. The molecule has 0 bridgehead atoms. The summed E-state index contributed by atoms with van der Waals surface area (Å²) in [6, 6.07) is 2.92. The van der Waals surface area contributed by atoms with Crippen molar-refractivity contribution in [2.75, 3.05) is 6.54 Å². The summed E-state index contributed by atoms with van der Waals surface area (Å²) in [6.07, 6.45) is -4.82. The molecule has 4 aliphatic rings. The van der Waals surface area contributed by atoms with Crippen molar-refractivity contribution in [1.82, 2.24) is 30.0 Å². The number of hydrogen-bond donors (Lipinski definition) is 3. The predicted octanol–water partition coefficient (Wildman–Crippen LogP) is 4.09. The third-order valence-electron chi connectivity index (χ3n) is 11.6. The average molecular weight is 843 g/mol. The number of alkyl halides is 3. The van der Waals surface area contributed by atoms with Crippen LogP contribution in [0.1, 0.15) is 94.6 Å². The van der Waals surface area contributed by atoms with Crippen LogP contribution in [0.4, 0.5) is 18.0 Å². The summed E-state index contributed by atoms with van der Waals surface area (Å²) in [7, 11) is -4.18. The highest BCUT2D eigenvalue weighted by molar-refractivity contribution is 7.91. The minimum Gasteiger partial charge on any atom is -0.471 e. The molecule has 2 saturated carbocycles. The van der Waals surface area contributed by atoms with Crippen molar-refractivity contribution in [2.24, 2.45) is 17.8 Å². The number of aryl methyl sites for hydroxylation is 1. The number of nitrogens with one attached hydrogen (secondary N) is 3. The highest BCUT2D eigenvalue weighted by Gasteiger charge is 2.63. The van der Waals surface area contributed by atoms with Gasteiger partial charge in [-0.05, 0) is 90.0 Å². The van der Waals surface area contributed by atoms with E-state index in [1.165, 1.54) is 13.8 Å². The highest BCUT2D eigenvalue weighted by Crippen LogP contribution is 2.47. The van der Waals surface area contributed by atoms with Gasteiger partial charge in [-0.25, -0.2) is 17.9 Å². The smallest absolute Gasteiger partial charge is 0.427 e. The van der Waals surface area contributed by atoms with Crippen molar-refractivity contribution in [1.29, 1.82) is 0 Å². The Morgan fingerprint density at radius 1 is 1.10 bits per heavy atom. The van der Waals surface area contributed by atoms with Gasteiger partial charge in [0.15, 0.2) is 0 Å². The number of carbonyl (C=O) groups is 4. The van der Waals surface area contributed by atoms with Crippen LogP contribution in [0.2, 0.25) is 0 Å². The number of hydrogen-bond acceptors (Lipinski definition) is 10. The van der Waals surface area contributed by atoms with Gasteiger partial charge in [-0.2, -0.15) is 13.2 Å². The molecule has 1 saturated heterocycles. The van der Waals surface area contributed by atoms with E-state index in [1.807, 2.05) is 5.32 Å². The zero-order valence-electron chi connectivity index (χ0n) is 38.4. The molecule has 0 radical (unpaired) electrons. The van der Waals surface area contributed by atoms with Crippen LogP contribution < -0.4 is 25.7 Å². The summed E-state index contributed by atoms with van der Waals surface area (Å²) in [5.74, 6) is -5.03. The molecule has 3 heterocycles. The molecule has 2 aliphatic carbocycles. The van der Waals surface area contributed by atoms with Crippen LogP contribution >= 0.6 is 0 Å². The van der Waals surface area contributed by atoms with Crippen molar-refractivity contribution < 1.29 is 58.5 Å². The van der Waals surface area contributed by atoms with Crippen molar-refractivity contribution in [3.8, 4) is 5.88 Å². The minimum atomic E-state index is -6.17. The molecule has 58 heavy (non-hydrogen) atoms. The van der Waals surface area contributed by atoms with Crippen LogP contribution in [0.25, 0.3) is 10.8 Å². The number of amides is 4. The Bertz CT molecular complexity index is 2360. The first-order valence-corrected chi connectivity index (χ1v) is 20.6. The van der Waals surface area contributed by atoms with E-state index in [-0.39, 0.29) is 48.4 Å². The third kappa shape index (κ3) is 8.41. The van der Waals surface area contributed by atoms with Gasteiger partial charge in [-0.1, -0.05) is 38.1 Å². The Balaban J connectivity index is 1.41. The molecule has 3 N–H and O–H groups in total. The van der Waals surface area contributed by atoms with Crippen LogP contribution in [0.5, 0.6) is 5.88 Å². The number of sulfonamides is 1. The lowest BCUT2D eigenvalue weighted by Crippen LogP contribution is -2.59. The molecule has 0 unspecified atom stereocenters. The van der Waals surface area contributed by atoms with Gasteiger partial charge >= 0.3 is 12.3 Å². The Morgan fingerprint density at radius 3 is 2.43 bits per heavy atom. The Labute approximate surface area is 342 Å². The van der Waals surface area contributed by atoms with E-state index in [2.05, 4.69) is 19.9 Å². The fourth-order valence-corrected chi connectivity index (χ4v) is 8.93. The number of aromatic nitrogens is 2. The van der Waals surface area contributed by atoms with E-state index in [4.69, 9.17) is 13.0 Å². The molecule has 19 heteroatoms. The van der Waals surface area contributed by atoms with Crippen molar-refractivity contribution in [3.63, 3.8) is 0 Å². The number of halogens is 3. The van der Waals surface area contributed by atoms with E-state index >= 15 is 0 Å². The van der Waals surface area contributed by atoms with Crippen LogP contribution in [0.15, 0.2) is 41.2 Å². The lowest BCUT2D eigenvalue weighted by Gasteiger charge is -2.34. The molecule has 6 rings (SSSR count). The monoisotopic (exact) mass is 842 g/mol. The first kappa shape index (κ1) is 35.3. The molecule has 7 atom stereocenters. The van der Waals surface area contributed by atoms with E-state index in [0.717, 1.165) is 9.58 Å². The maximum Gasteiger partial charge on any atom is 0.427 e. The molecule has 0 spiro atoms. The van der Waals surface area contributed by atoms with Crippen LogP contribution in [-0.2, 0) is 35.7 Å². The number of benzene rings is 1. The fourth-order valence-electron chi connectivity index (χ4n) is 7.61. The quantitative estimate of drug-likeness (QED) is 0.326. The van der Waals surface area contributed by atoms with Gasteiger partial charge in [0.2, 0.25) is 33.3 Å². The third-order valence-corrected chi connectivity index (χ3v) is 13.7.